The lowest BCUT2D eigenvalue weighted by Crippen LogP contribution is -2.48. The molecule has 6 heteroatoms. The summed E-state index contributed by atoms with van der Waals surface area (Å²) in [6.45, 7) is 9.44. The first-order valence-electron chi connectivity index (χ1n) is 10.9. The van der Waals surface area contributed by atoms with E-state index in [1.54, 1.807) is 11.3 Å². The Hall–Kier alpha value is -2.20. The van der Waals surface area contributed by atoms with Crippen LogP contribution in [0, 0.1) is 24.2 Å². The summed E-state index contributed by atoms with van der Waals surface area (Å²) in [5, 5.41) is 13.4. The number of nitriles is 1. The molecule has 1 N–H and O–H groups in total. The van der Waals surface area contributed by atoms with Crippen LogP contribution in [0.15, 0.2) is 24.3 Å². The highest BCUT2D eigenvalue weighted by molar-refractivity contribution is 7.16. The number of fused-ring (bicyclic) bond motifs is 1. The third-order valence-corrected chi connectivity index (χ3v) is 7.41. The number of carbonyl (C=O) groups is 1. The minimum absolute atomic E-state index is 0.00914. The molecule has 0 unspecified atom stereocenters. The summed E-state index contributed by atoms with van der Waals surface area (Å²) in [6, 6.07) is 11.1. The minimum atomic E-state index is -0.00914. The zero-order valence-electron chi connectivity index (χ0n) is 17.9. The normalized spacial score (nSPS) is 19.8. The fourth-order valence-electron chi connectivity index (χ4n) is 4.38. The molecule has 30 heavy (non-hydrogen) atoms. The van der Waals surface area contributed by atoms with Gasteiger partial charge in [-0.25, -0.2) is 0 Å². The summed E-state index contributed by atoms with van der Waals surface area (Å²) >= 11 is 1.60. The molecule has 0 bridgehead atoms. The number of aryl methyl sites for hydroxylation is 1. The van der Waals surface area contributed by atoms with Crippen LogP contribution >= 0.6 is 11.3 Å². The van der Waals surface area contributed by atoms with E-state index in [0.717, 1.165) is 57.0 Å². The molecule has 1 aliphatic heterocycles. The van der Waals surface area contributed by atoms with Gasteiger partial charge in [0.15, 0.2) is 0 Å². The maximum Gasteiger partial charge on any atom is 0.239 e. The number of nitrogens with one attached hydrogen (secondary N) is 1. The molecule has 158 valence electrons. The van der Waals surface area contributed by atoms with Gasteiger partial charge in [-0.3, -0.25) is 14.6 Å². The quantitative estimate of drug-likeness (QED) is 0.796. The molecule has 5 nitrogen and oxygen atoms in total. The van der Waals surface area contributed by atoms with Crippen LogP contribution in [0.2, 0.25) is 0 Å². The van der Waals surface area contributed by atoms with Crippen molar-refractivity contribution in [2.24, 2.45) is 5.92 Å². The molecule has 0 spiro atoms. The molecule has 1 atom stereocenters. The van der Waals surface area contributed by atoms with E-state index in [2.05, 4.69) is 59.3 Å². The standard InChI is InChI=1S/C24H30N4OS/c1-17-3-6-19(7-4-17)15-27-9-11-28(12-10-27)16-23(29)26-24-21(14-25)20-8-5-18(2)13-22(20)30-24/h3-4,6-7,18H,5,8-13,15-16H2,1-2H3,(H,26,29)/t18-/m1/s1. The van der Waals surface area contributed by atoms with Crippen molar-refractivity contribution in [2.45, 2.75) is 39.7 Å². The molecule has 2 heterocycles. The van der Waals surface area contributed by atoms with Crippen molar-refractivity contribution in [1.29, 1.82) is 5.26 Å². The molecule has 1 fully saturated rings. The Bertz CT molecular complexity index is 935. The highest BCUT2D eigenvalue weighted by Crippen LogP contribution is 2.39. The number of hydrogen-bond donors (Lipinski definition) is 1. The Balaban J connectivity index is 1.28. The first-order valence-corrected chi connectivity index (χ1v) is 11.7. The van der Waals surface area contributed by atoms with Crippen molar-refractivity contribution in [1.82, 2.24) is 9.80 Å². The van der Waals surface area contributed by atoms with Crippen molar-refractivity contribution in [3.8, 4) is 6.07 Å². The number of nitrogens with zero attached hydrogens (tertiary/aromatic N) is 3. The van der Waals surface area contributed by atoms with Crippen LogP contribution in [0.4, 0.5) is 5.00 Å². The Morgan fingerprint density at radius 1 is 1.20 bits per heavy atom. The van der Waals surface area contributed by atoms with Gasteiger partial charge in [0.05, 0.1) is 12.1 Å². The zero-order valence-corrected chi connectivity index (χ0v) is 18.7. The molecular weight excluding hydrogens is 392 g/mol. The van der Waals surface area contributed by atoms with Crippen molar-refractivity contribution in [3.05, 3.63) is 51.4 Å². The number of hydrogen-bond acceptors (Lipinski definition) is 5. The second-order valence-corrected chi connectivity index (χ2v) is 9.86. The molecular formula is C24H30N4OS. The van der Waals surface area contributed by atoms with Gasteiger partial charge in [-0.15, -0.1) is 11.3 Å². The summed E-state index contributed by atoms with van der Waals surface area (Å²) in [4.78, 5) is 18.6. The third-order valence-electron chi connectivity index (χ3n) is 6.24. The van der Waals surface area contributed by atoms with E-state index in [1.165, 1.54) is 21.6 Å². The topological polar surface area (TPSA) is 59.4 Å². The van der Waals surface area contributed by atoms with Crippen LogP contribution in [0.25, 0.3) is 0 Å². The Morgan fingerprint density at radius 2 is 1.90 bits per heavy atom. The van der Waals surface area contributed by atoms with Gasteiger partial charge in [-0.05, 0) is 43.2 Å². The van der Waals surface area contributed by atoms with Crippen molar-refractivity contribution >= 4 is 22.2 Å². The summed E-state index contributed by atoms with van der Waals surface area (Å²) in [5.41, 5.74) is 4.49. The van der Waals surface area contributed by atoms with E-state index in [-0.39, 0.29) is 5.91 Å². The lowest BCUT2D eigenvalue weighted by atomic mass is 9.89. The zero-order chi connectivity index (χ0) is 21.1. The maximum atomic E-state index is 12.7. The van der Waals surface area contributed by atoms with Gasteiger partial charge in [0.1, 0.15) is 11.1 Å². The predicted octanol–water partition coefficient (Wildman–Crippen LogP) is 3.81. The lowest BCUT2D eigenvalue weighted by molar-refractivity contribution is -0.117. The smallest absolute Gasteiger partial charge is 0.239 e. The number of anilines is 1. The second kappa shape index (κ2) is 9.30. The molecule has 2 aromatic rings. The second-order valence-electron chi connectivity index (χ2n) is 8.75. The molecule has 1 aromatic heterocycles. The monoisotopic (exact) mass is 422 g/mol. The average Bonchev–Trinajstić information content (AvgIpc) is 3.06. The van der Waals surface area contributed by atoms with E-state index in [4.69, 9.17) is 0 Å². The van der Waals surface area contributed by atoms with Crippen LogP contribution in [-0.2, 0) is 24.2 Å². The fourth-order valence-corrected chi connectivity index (χ4v) is 5.76. The first-order chi connectivity index (χ1) is 14.5. The molecule has 4 rings (SSSR count). The van der Waals surface area contributed by atoms with E-state index in [9.17, 15) is 10.1 Å². The number of benzene rings is 1. The Morgan fingerprint density at radius 3 is 2.60 bits per heavy atom. The van der Waals surface area contributed by atoms with Gasteiger partial charge in [0.25, 0.3) is 0 Å². The average molecular weight is 423 g/mol. The van der Waals surface area contributed by atoms with E-state index >= 15 is 0 Å². The maximum absolute atomic E-state index is 12.7. The van der Waals surface area contributed by atoms with E-state index in [0.29, 0.717) is 18.0 Å². The molecule has 1 aromatic carbocycles. The van der Waals surface area contributed by atoms with Gasteiger partial charge < -0.3 is 5.32 Å². The Kier molecular flexibility index (Phi) is 6.52. The third kappa shape index (κ3) is 4.92. The SMILES string of the molecule is Cc1ccc(CN2CCN(CC(=O)Nc3sc4c(c3C#N)CC[C@@H](C)C4)CC2)cc1. The molecule has 1 amide bonds. The number of thiophene rings is 1. The van der Waals surface area contributed by atoms with E-state index < -0.39 is 0 Å². The summed E-state index contributed by atoms with van der Waals surface area (Å²) < 4.78 is 0. The van der Waals surface area contributed by atoms with Gasteiger partial charge in [0.2, 0.25) is 5.91 Å². The van der Waals surface area contributed by atoms with Crippen molar-refractivity contribution in [3.63, 3.8) is 0 Å². The lowest BCUT2D eigenvalue weighted by Gasteiger charge is -2.34. The van der Waals surface area contributed by atoms with Crippen molar-refractivity contribution in [2.75, 3.05) is 38.0 Å². The number of amides is 1. The van der Waals surface area contributed by atoms with Crippen LogP contribution in [0.1, 0.15) is 40.5 Å². The van der Waals surface area contributed by atoms with Crippen molar-refractivity contribution < 1.29 is 4.79 Å². The van der Waals surface area contributed by atoms with Crippen LogP contribution in [0.5, 0.6) is 0 Å². The minimum Gasteiger partial charge on any atom is -0.315 e. The molecule has 1 saturated heterocycles. The van der Waals surface area contributed by atoms with Gasteiger partial charge in [-0.2, -0.15) is 5.26 Å². The Labute approximate surface area is 183 Å². The van der Waals surface area contributed by atoms with Gasteiger partial charge in [0, 0.05) is 37.6 Å². The van der Waals surface area contributed by atoms with Crippen LogP contribution in [-0.4, -0.2) is 48.4 Å². The summed E-state index contributed by atoms with van der Waals surface area (Å²) in [6.07, 6.45) is 3.10. The number of carbonyl (C=O) groups excluding carboxylic acids is 1. The molecule has 2 aliphatic rings. The molecule has 0 saturated carbocycles. The molecule has 0 radical (unpaired) electrons. The predicted molar refractivity (Wildman–Crippen MR) is 122 cm³/mol. The fraction of sp³-hybridized carbons (Fsp3) is 0.500. The highest BCUT2D eigenvalue weighted by Gasteiger charge is 2.25. The highest BCUT2D eigenvalue weighted by atomic mass is 32.1. The van der Waals surface area contributed by atoms with Gasteiger partial charge in [-0.1, -0.05) is 36.8 Å². The van der Waals surface area contributed by atoms with Crippen LogP contribution in [0.3, 0.4) is 0 Å². The van der Waals surface area contributed by atoms with Gasteiger partial charge >= 0.3 is 0 Å². The number of piperazine rings is 1. The summed E-state index contributed by atoms with van der Waals surface area (Å²) in [5.74, 6) is 0.646. The summed E-state index contributed by atoms with van der Waals surface area (Å²) in [7, 11) is 0. The first kappa shape index (κ1) is 21.0. The van der Waals surface area contributed by atoms with Crippen LogP contribution < -0.4 is 5.32 Å². The number of rotatable bonds is 5. The largest absolute Gasteiger partial charge is 0.315 e. The van der Waals surface area contributed by atoms with E-state index in [1.807, 2.05) is 0 Å². The molecule has 1 aliphatic carbocycles.